The van der Waals surface area contributed by atoms with E-state index >= 15 is 0 Å². The highest BCUT2D eigenvalue weighted by Crippen LogP contribution is 2.19. The molecule has 0 saturated carbocycles. The lowest BCUT2D eigenvalue weighted by atomic mass is 9.89. The Morgan fingerprint density at radius 3 is 0.810 bits per heavy atom. The zero-order chi connectivity index (χ0) is 30.8. The van der Waals surface area contributed by atoms with Crippen molar-refractivity contribution in [1.82, 2.24) is 0 Å². The van der Waals surface area contributed by atoms with Crippen LogP contribution in [0, 0.1) is 5.92 Å². The molecule has 3 heteroatoms. The molecule has 0 saturated heterocycles. The topological polar surface area (TPSA) is 54.4 Å². The molecular formula is C39H76O3. The van der Waals surface area contributed by atoms with E-state index in [9.17, 15) is 14.7 Å². The molecule has 250 valence electrons. The van der Waals surface area contributed by atoms with Crippen LogP contribution in [0.1, 0.15) is 226 Å². The Bertz CT molecular complexity index is 512. The van der Waals surface area contributed by atoms with Gasteiger partial charge in [0.2, 0.25) is 0 Å². The molecule has 0 aromatic carbocycles. The summed E-state index contributed by atoms with van der Waals surface area (Å²) in [6.45, 7) is 4.48. The predicted octanol–water partition coefficient (Wildman–Crippen LogP) is 12.6. The van der Waals surface area contributed by atoms with Gasteiger partial charge in [-0.15, -0.1) is 0 Å². The zero-order valence-corrected chi connectivity index (χ0v) is 28.9. The third-order valence-corrected chi connectivity index (χ3v) is 9.25. The minimum atomic E-state index is -0.562. The summed E-state index contributed by atoms with van der Waals surface area (Å²) in [6.07, 6.45) is 40.7. The minimum Gasteiger partial charge on any atom is -0.396 e. The first kappa shape index (κ1) is 41.3. The molecule has 0 aliphatic heterocycles. The molecule has 0 aliphatic carbocycles. The molecule has 42 heavy (non-hydrogen) atoms. The standard InChI is InChI=1S/C39H76O3/c1-3-5-7-9-11-13-15-17-19-21-23-25-27-29-31-33-38(41)37(35-36-40)39(42)34-32-30-28-26-24-22-20-18-16-14-12-10-8-6-4-2/h37,40H,3-36H2,1-2H3. The second kappa shape index (κ2) is 34.8. The normalized spacial score (nSPS) is 11.5. The van der Waals surface area contributed by atoms with Crippen molar-refractivity contribution in [2.75, 3.05) is 6.61 Å². The van der Waals surface area contributed by atoms with Crippen LogP contribution in [0.3, 0.4) is 0 Å². The SMILES string of the molecule is CCCCCCCCCCCCCCCCCC(=O)C(CCO)C(=O)CCCCCCCCCCCCCCCCC. The number of carbonyl (C=O) groups excluding carboxylic acids is 2. The van der Waals surface area contributed by atoms with Gasteiger partial charge in [-0.3, -0.25) is 9.59 Å². The number of Topliss-reactive ketones (excluding diaryl/α,β-unsaturated/α-hetero) is 2. The maximum atomic E-state index is 12.7. The fourth-order valence-electron chi connectivity index (χ4n) is 6.32. The van der Waals surface area contributed by atoms with Gasteiger partial charge in [-0.25, -0.2) is 0 Å². The number of aliphatic hydroxyl groups excluding tert-OH is 1. The Morgan fingerprint density at radius 2 is 0.595 bits per heavy atom. The van der Waals surface area contributed by atoms with Crippen LogP contribution in [0.25, 0.3) is 0 Å². The van der Waals surface area contributed by atoms with Crippen LogP contribution in [0.4, 0.5) is 0 Å². The minimum absolute atomic E-state index is 0.0696. The Labute approximate surface area is 264 Å². The van der Waals surface area contributed by atoms with Crippen LogP contribution in [0.2, 0.25) is 0 Å². The molecule has 0 rings (SSSR count). The number of rotatable bonds is 36. The van der Waals surface area contributed by atoms with E-state index in [1.54, 1.807) is 0 Å². The van der Waals surface area contributed by atoms with E-state index in [-0.39, 0.29) is 18.2 Å². The molecule has 0 atom stereocenters. The van der Waals surface area contributed by atoms with Crippen molar-refractivity contribution in [2.24, 2.45) is 5.92 Å². The van der Waals surface area contributed by atoms with Gasteiger partial charge in [0.25, 0.3) is 0 Å². The van der Waals surface area contributed by atoms with Crippen molar-refractivity contribution in [3.05, 3.63) is 0 Å². The Balaban J connectivity index is 3.64. The third kappa shape index (κ3) is 29.4. The van der Waals surface area contributed by atoms with Gasteiger partial charge < -0.3 is 5.11 Å². The third-order valence-electron chi connectivity index (χ3n) is 9.25. The molecule has 0 heterocycles. The monoisotopic (exact) mass is 593 g/mol. The second-order valence-corrected chi connectivity index (χ2v) is 13.4. The number of aliphatic hydroxyl groups is 1. The van der Waals surface area contributed by atoms with Gasteiger partial charge in [0, 0.05) is 19.4 Å². The summed E-state index contributed by atoms with van der Waals surface area (Å²) in [7, 11) is 0. The molecule has 0 fully saturated rings. The van der Waals surface area contributed by atoms with Crippen LogP contribution in [-0.4, -0.2) is 23.3 Å². The number of hydrogen-bond acceptors (Lipinski definition) is 3. The molecule has 0 spiro atoms. The lowest BCUT2D eigenvalue weighted by Crippen LogP contribution is -2.25. The first-order valence-electron chi connectivity index (χ1n) is 19.3. The quantitative estimate of drug-likeness (QED) is 0.0581. The first-order chi connectivity index (χ1) is 20.7. The van der Waals surface area contributed by atoms with Crippen LogP contribution in [-0.2, 0) is 9.59 Å². The van der Waals surface area contributed by atoms with Crippen molar-refractivity contribution < 1.29 is 14.7 Å². The first-order valence-corrected chi connectivity index (χ1v) is 19.3. The van der Waals surface area contributed by atoms with Crippen molar-refractivity contribution >= 4 is 11.6 Å². The lowest BCUT2D eigenvalue weighted by molar-refractivity contribution is -0.133. The molecule has 0 bridgehead atoms. The largest absolute Gasteiger partial charge is 0.396 e. The number of unbranched alkanes of at least 4 members (excludes halogenated alkanes) is 28. The van der Waals surface area contributed by atoms with Crippen molar-refractivity contribution in [3.63, 3.8) is 0 Å². The summed E-state index contributed by atoms with van der Waals surface area (Å²) in [5, 5.41) is 9.44. The van der Waals surface area contributed by atoms with Crippen molar-refractivity contribution in [3.8, 4) is 0 Å². The maximum Gasteiger partial charge on any atom is 0.143 e. The molecule has 0 amide bonds. The van der Waals surface area contributed by atoms with Gasteiger partial charge in [-0.1, -0.05) is 194 Å². The molecule has 0 radical (unpaired) electrons. The number of ketones is 2. The van der Waals surface area contributed by atoms with Crippen molar-refractivity contribution in [2.45, 2.75) is 226 Å². The summed E-state index contributed by atoms with van der Waals surface area (Å²) in [4.78, 5) is 25.5. The van der Waals surface area contributed by atoms with Gasteiger partial charge in [0.15, 0.2) is 0 Å². The highest BCUT2D eigenvalue weighted by molar-refractivity contribution is 6.02. The second-order valence-electron chi connectivity index (χ2n) is 13.4. The van der Waals surface area contributed by atoms with Crippen molar-refractivity contribution in [1.29, 1.82) is 0 Å². The average Bonchev–Trinajstić information content (AvgIpc) is 2.99. The van der Waals surface area contributed by atoms with E-state index in [1.807, 2.05) is 0 Å². The van der Waals surface area contributed by atoms with E-state index in [1.165, 1.54) is 167 Å². The Kier molecular flexibility index (Phi) is 34.2. The van der Waals surface area contributed by atoms with E-state index in [0.717, 1.165) is 25.7 Å². The summed E-state index contributed by atoms with van der Waals surface area (Å²) in [5.74, 6) is -0.414. The average molecular weight is 593 g/mol. The summed E-state index contributed by atoms with van der Waals surface area (Å²) >= 11 is 0. The Hall–Kier alpha value is -0.700. The smallest absolute Gasteiger partial charge is 0.143 e. The van der Waals surface area contributed by atoms with Gasteiger partial charge in [0.1, 0.15) is 11.6 Å². The highest BCUT2D eigenvalue weighted by atomic mass is 16.3. The predicted molar refractivity (Wildman–Crippen MR) is 184 cm³/mol. The molecule has 0 aromatic rings. The van der Waals surface area contributed by atoms with Gasteiger partial charge in [-0.05, 0) is 19.3 Å². The van der Waals surface area contributed by atoms with Crippen LogP contribution < -0.4 is 0 Å². The van der Waals surface area contributed by atoms with Gasteiger partial charge in [0.05, 0.1) is 5.92 Å². The molecule has 1 N–H and O–H groups in total. The highest BCUT2D eigenvalue weighted by Gasteiger charge is 2.24. The molecule has 0 unspecified atom stereocenters. The van der Waals surface area contributed by atoms with E-state index < -0.39 is 5.92 Å². The van der Waals surface area contributed by atoms with Gasteiger partial charge >= 0.3 is 0 Å². The molecular weight excluding hydrogens is 516 g/mol. The van der Waals surface area contributed by atoms with E-state index in [0.29, 0.717) is 19.3 Å². The fourth-order valence-corrected chi connectivity index (χ4v) is 6.32. The zero-order valence-electron chi connectivity index (χ0n) is 28.9. The maximum absolute atomic E-state index is 12.7. The lowest BCUT2D eigenvalue weighted by Gasteiger charge is -2.14. The summed E-state index contributed by atoms with van der Waals surface area (Å²) in [6, 6.07) is 0. The van der Waals surface area contributed by atoms with E-state index in [4.69, 9.17) is 0 Å². The molecule has 0 aromatic heterocycles. The molecule has 3 nitrogen and oxygen atoms in total. The van der Waals surface area contributed by atoms with Crippen LogP contribution >= 0.6 is 0 Å². The van der Waals surface area contributed by atoms with Gasteiger partial charge in [-0.2, -0.15) is 0 Å². The Morgan fingerprint density at radius 1 is 0.381 bits per heavy atom. The molecule has 0 aliphatic rings. The fraction of sp³-hybridized carbons (Fsp3) is 0.949. The van der Waals surface area contributed by atoms with Crippen LogP contribution in [0.15, 0.2) is 0 Å². The van der Waals surface area contributed by atoms with E-state index in [2.05, 4.69) is 13.8 Å². The number of hydrogen-bond donors (Lipinski definition) is 1. The summed E-state index contributed by atoms with van der Waals surface area (Å²) < 4.78 is 0. The number of carbonyl (C=O) groups is 2. The summed E-state index contributed by atoms with van der Waals surface area (Å²) in [5.41, 5.74) is 0. The van der Waals surface area contributed by atoms with Crippen LogP contribution in [0.5, 0.6) is 0 Å².